The standard InChI is InChI=1S/C25H25N5O/c1-17-5-4-11-29(17)23-15-20(8-10-27-23)22-16-28-24-14-19(9-12-30(22)24)18-6-3-7-21(13-18)25(31)26-2/h3,6-10,12-17H,4-5,11H2,1-2H3,(H,26,31). The van der Waals surface area contributed by atoms with Gasteiger partial charge in [0, 0.05) is 43.2 Å². The van der Waals surface area contributed by atoms with E-state index in [1.165, 1.54) is 12.8 Å². The van der Waals surface area contributed by atoms with E-state index in [-0.39, 0.29) is 5.91 Å². The highest BCUT2D eigenvalue weighted by Crippen LogP contribution is 2.29. The molecule has 6 heteroatoms. The summed E-state index contributed by atoms with van der Waals surface area (Å²) in [6.45, 7) is 3.32. The topological polar surface area (TPSA) is 62.5 Å². The Labute approximate surface area is 181 Å². The molecule has 4 aromatic rings. The fourth-order valence-electron chi connectivity index (χ4n) is 4.37. The van der Waals surface area contributed by atoms with E-state index in [2.05, 4.69) is 49.7 Å². The summed E-state index contributed by atoms with van der Waals surface area (Å²) in [5, 5.41) is 2.67. The lowest BCUT2D eigenvalue weighted by molar-refractivity contribution is 0.0963. The Morgan fingerprint density at radius 2 is 1.94 bits per heavy atom. The molecule has 0 bridgehead atoms. The first-order chi connectivity index (χ1) is 15.1. The summed E-state index contributed by atoms with van der Waals surface area (Å²) in [6, 6.07) is 16.5. The van der Waals surface area contributed by atoms with E-state index in [1.54, 1.807) is 7.05 Å². The van der Waals surface area contributed by atoms with Gasteiger partial charge in [-0.1, -0.05) is 12.1 Å². The van der Waals surface area contributed by atoms with E-state index in [9.17, 15) is 4.79 Å². The number of aromatic nitrogens is 3. The van der Waals surface area contributed by atoms with Crippen LogP contribution in [0.15, 0.2) is 67.1 Å². The van der Waals surface area contributed by atoms with Gasteiger partial charge in [-0.3, -0.25) is 9.20 Å². The van der Waals surface area contributed by atoms with Gasteiger partial charge >= 0.3 is 0 Å². The van der Waals surface area contributed by atoms with E-state index in [0.29, 0.717) is 11.6 Å². The molecular formula is C25H25N5O. The lowest BCUT2D eigenvalue weighted by Gasteiger charge is -2.22. The Bertz CT molecular complexity index is 1260. The van der Waals surface area contributed by atoms with Crippen LogP contribution in [0.1, 0.15) is 30.1 Å². The number of hydrogen-bond donors (Lipinski definition) is 1. The van der Waals surface area contributed by atoms with Crippen LogP contribution in [0.2, 0.25) is 0 Å². The lowest BCUT2D eigenvalue weighted by Crippen LogP contribution is -2.27. The molecule has 156 valence electrons. The zero-order chi connectivity index (χ0) is 21.4. The van der Waals surface area contributed by atoms with Crippen molar-refractivity contribution in [2.45, 2.75) is 25.8 Å². The normalized spacial score (nSPS) is 16.1. The molecule has 1 fully saturated rings. The molecule has 1 N–H and O–H groups in total. The minimum absolute atomic E-state index is 0.0909. The van der Waals surface area contributed by atoms with Crippen LogP contribution in [0.25, 0.3) is 28.0 Å². The van der Waals surface area contributed by atoms with Crippen LogP contribution in [0.5, 0.6) is 0 Å². The van der Waals surface area contributed by atoms with Crippen molar-refractivity contribution in [1.29, 1.82) is 0 Å². The Balaban J connectivity index is 1.50. The van der Waals surface area contributed by atoms with Crippen LogP contribution < -0.4 is 10.2 Å². The van der Waals surface area contributed by atoms with Crippen molar-refractivity contribution in [3.63, 3.8) is 0 Å². The number of anilines is 1. The monoisotopic (exact) mass is 411 g/mol. The second-order valence-electron chi connectivity index (χ2n) is 8.03. The third-order valence-corrected chi connectivity index (χ3v) is 6.09. The van der Waals surface area contributed by atoms with Gasteiger partial charge in [0.25, 0.3) is 5.91 Å². The van der Waals surface area contributed by atoms with Gasteiger partial charge in [0.05, 0.1) is 11.9 Å². The molecule has 31 heavy (non-hydrogen) atoms. The predicted molar refractivity (Wildman–Crippen MR) is 123 cm³/mol. The summed E-state index contributed by atoms with van der Waals surface area (Å²) in [5.41, 5.74) is 5.66. The number of amides is 1. The molecule has 3 aromatic heterocycles. The van der Waals surface area contributed by atoms with Crippen molar-refractivity contribution in [1.82, 2.24) is 19.7 Å². The van der Waals surface area contributed by atoms with Gasteiger partial charge in [-0.2, -0.15) is 0 Å². The first-order valence-electron chi connectivity index (χ1n) is 10.7. The summed E-state index contributed by atoms with van der Waals surface area (Å²) in [7, 11) is 1.64. The van der Waals surface area contributed by atoms with Crippen molar-refractivity contribution in [3.05, 3.63) is 72.7 Å². The lowest BCUT2D eigenvalue weighted by atomic mass is 10.0. The highest BCUT2D eigenvalue weighted by Gasteiger charge is 2.22. The third kappa shape index (κ3) is 3.54. The Morgan fingerprint density at radius 3 is 2.74 bits per heavy atom. The average molecular weight is 412 g/mol. The third-order valence-electron chi connectivity index (χ3n) is 6.09. The second-order valence-corrected chi connectivity index (χ2v) is 8.03. The minimum atomic E-state index is -0.0909. The molecule has 0 spiro atoms. The smallest absolute Gasteiger partial charge is 0.251 e. The molecule has 4 heterocycles. The van der Waals surface area contributed by atoms with E-state index < -0.39 is 0 Å². The number of carbonyl (C=O) groups is 1. The van der Waals surface area contributed by atoms with Crippen LogP contribution in [-0.4, -0.2) is 39.9 Å². The van der Waals surface area contributed by atoms with Gasteiger partial charge in [0.15, 0.2) is 0 Å². The van der Waals surface area contributed by atoms with Gasteiger partial charge in [-0.15, -0.1) is 0 Å². The van der Waals surface area contributed by atoms with Crippen molar-refractivity contribution in [3.8, 4) is 22.4 Å². The van der Waals surface area contributed by atoms with E-state index in [0.717, 1.165) is 40.4 Å². The zero-order valence-corrected chi connectivity index (χ0v) is 17.7. The summed E-state index contributed by atoms with van der Waals surface area (Å²) < 4.78 is 2.10. The Hall–Kier alpha value is -3.67. The van der Waals surface area contributed by atoms with Gasteiger partial charge in [0.1, 0.15) is 11.5 Å². The number of benzene rings is 1. The average Bonchev–Trinajstić information content (AvgIpc) is 3.44. The highest BCUT2D eigenvalue weighted by atomic mass is 16.1. The molecule has 1 amide bonds. The molecule has 1 aromatic carbocycles. The molecule has 1 aliphatic heterocycles. The molecule has 6 nitrogen and oxygen atoms in total. The van der Waals surface area contributed by atoms with Crippen molar-refractivity contribution < 1.29 is 4.79 Å². The summed E-state index contributed by atoms with van der Waals surface area (Å²) >= 11 is 0. The number of carbonyl (C=O) groups excluding carboxylic acids is 1. The van der Waals surface area contributed by atoms with E-state index >= 15 is 0 Å². The molecule has 1 aliphatic rings. The first kappa shape index (κ1) is 19.3. The van der Waals surface area contributed by atoms with Crippen LogP contribution in [0.3, 0.4) is 0 Å². The molecule has 5 rings (SSSR count). The molecule has 1 saturated heterocycles. The maximum absolute atomic E-state index is 12.0. The molecule has 0 saturated carbocycles. The van der Waals surface area contributed by atoms with Crippen molar-refractivity contribution in [2.24, 2.45) is 0 Å². The van der Waals surface area contributed by atoms with Crippen molar-refractivity contribution in [2.75, 3.05) is 18.5 Å². The maximum Gasteiger partial charge on any atom is 0.251 e. The predicted octanol–water partition coefficient (Wildman–Crippen LogP) is 4.41. The number of hydrogen-bond acceptors (Lipinski definition) is 4. The molecule has 1 atom stereocenters. The first-order valence-corrected chi connectivity index (χ1v) is 10.7. The fraction of sp³-hybridized carbons (Fsp3) is 0.240. The number of pyridine rings is 2. The second kappa shape index (κ2) is 7.87. The quantitative estimate of drug-likeness (QED) is 0.540. The molecular weight excluding hydrogens is 386 g/mol. The van der Waals surface area contributed by atoms with Gasteiger partial charge < -0.3 is 10.2 Å². The number of rotatable bonds is 4. The van der Waals surface area contributed by atoms with Gasteiger partial charge in [-0.25, -0.2) is 9.97 Å². The minimum Gasteiger partial charge on any atom is -0.355 e. The zero-order valence-electron chi connectivity index (χ0n) is 17.7. The van der Waals surface area contributed by atoms with Gasteiger partial charge in [0.2, 0.25) is 0 Å². The van der Waals surface area contributed by atoms with Crippen LogP contribution in [-0.2, 0) is 0 Å². The van der Waals surface area contributed by atoms with Crippen LogP contribution >= 0.6 is 0 Å². The SMILES string of the molecule is CNC(=O)c1cccc(-c2ccn3c(-c4ccnc(N5CCCC5C)c4)cnc3c2)c1. The number of nitrogens with zero attached hydrogens (tertiary/aromatic N) is 4. The van der Waals surface area contributed by atoms with E-state index in [4.69, 9.17) is 0 Å². The highest BCUT2D eigenvalue weighted by molar-refractivity contribution is 5.95. The summed E-state index contributed by atoms with van der Waals surface area (Å²) in [4.78, 5) is 23.6. The van der Waals surface area contributed by atoms with Crippen LogP contribution in [0, 0.1) is 0 Å². The molecule has 1 unspecified atom stereocenters. The number of nitrogens with one attached hydrogen (secondary N) is 1. The van der Waals surface area contributed by atoms with E-state index in [1.807, 2.05) is 48.9 Å². The largest absolute Gasteiger partial charge is 0.355 e. The molecule has 0 aliphatic carbocycles. The fourth-order valence-corrected chi connectivity index (χ4v) is 4.37. The summed E-state index contributed by atoms with van der Waals surface area (Å²) in [6.07, 6.45) is 8.26. The maximum atomic E-state index is 12.0. The Kier molecular flexibility index (Phi) is 4.90. The Morgan fingerprint density at radius 1 is 1.06 bits per heavy atom. The molecule has 0 radical (unpaired) electrons. The number of imidazole rings is 1. The van der Waals surface area contributed by atoms with Crippen LogP contribution in [0.4, 0.5) is 5.82 Å². The van der Waals surface area contributed by atoms with Crippen molar-refractivity contribution >= 4 is 17.4 Å². The number of fused-ring (bicyclic) bond motifs is 1. The summed E-state index contributed by atoms with van der Waals surface area (Å²) in [5.74, 6) is 0.937. The van der Waals surface area contributed by atoms with Gasteiger partial charge in [-0.05, 0) is 67.3 Å².